The molecule has 0 radical (unpaired) electrons. The van der Waals surface area contributed by atoms with Gasteiger partial charge in [-0.1, -0.05) is 102 Å². The number of carbonyl (C=O) groups is 5. The highest BCUT2D eigenvalue weighted by Gasteiger charge is 2.60. The van der Waals surface area contributed by atoms with E-state index in [1.165, 1.54) is 7.11 Å². The molecular weight excluding hydrogens is 1680 g/mol. The number of Topliss-reactive ketones (excluding diaryl/α,β-unsaturated/α-hetero) is 5. The number of hydrogen-bond acceptors (Lipinski definition) is 25. The molecule has 6 aromatic heterocycles. The first kappa shape index (κ1) is 94.4. The lowest BCUT2D eigenvalue weighted by Crippen LogP contribution is -2.56. The van der Waals surface area contributed by atoms with Crippen LogP contribution in [0.5, 0.6) is 29.7 Å². The quantitative estimate of drug-likeness (QED) is 0.0352. The number of aromatic amines is 4. The molecule has 0 unspecified atom stereocenters. The molecule has 19 rings (SSSR count). The second-order valence-electron chi connectivity index (χ2n) is 38.2. The summed E-state index contributed by atoms with van der Waals surface area (Å²) < 4.78 is 39.1. The standard InChI is InChI=1S/C17H22N2O4.C16H22N2O3S.C16H22N2O3.C15H19ClN2O2.C14H16Cl2N2O.C14H18N2O3.CH4/c1-9-12-6-5-11-14(18-16(23-4)19-15(11)22-3)17(12,2)7-10(8-20)13(9)21;1-9-11-4-3-10-12(17-14(22)18-13(10)19)15(11,2)5-6-16(9)20-7-8-21-16;1-9-11-6-5-10-13(16(11,2)8-7-12(9)19)17-15(21-4)18-14(10)20-3;1-8-10-5-4-9-12(15(10,2)7-6-11(8)19)17-14(16)18-13(9)20-3;1-7-9-4-3-8-11(17-13(16)18-12(8)15)14(9,2)6-5-10(7)19;1-7-9-4-3-8-11(15-13(19)16-12(8)18)14(9,2)6-5-10(7)17;/h8-9,12,20H,5-7H2,1-4H3;9,11H,3-8H2,1-2H3,(H2,17,18,19,22);9,11H,5-8H2,1-4H3;8,10H,4-7H2,1-3H3;7,9H,3-6H2,1-2H3;7,9H,3-6H2,1-2H3,(H2,15,16,18,19);1H4/b10-8-;;;;;;/t9-,12-,17-;9-,11-,15-;9-,11-,16-;8-,10-,15-;2*7-,9-,14-;/m000000./s1. The van der Waals surface area contributed by atoms with E-state index in [9.17, 15) is 43.5 Å². The van der Waals surface area contributed by atoms with Gasteiger partial charge in [-0.05, 0) is 187 Å². The number of nitrogens with zero attached hydrogens (tertiary/aromatic N) is 8. The number of nitrogens with one attached hydrogen (secondary N) is 4. The summed E-state index contributed by atoms with van der Waals surface area (Å²) in [5.74, 6) is 5.10. The number of ketones is 5. The summed E-state index contributed by atoms with van der Waals surface area (Å²) in [4.78, 5) is 142. The number of aliphatic hydroxyl groups is 1. The fraction of sp³-hybridized carbons (Fsp3) is 0.667. The SMILES string of the molecule is C.COc1nc(Cl)nc2c1CC[C@H]1[C@H](C)C(=O)CC[C@]21C.COc1nc(OC)c2c(n1)[C@@]1(C)C/C(=C/O)C(=O)[C@@H](C)[C@@H]1CC2.COc1nc(OC)c2c(n1)[C@@]1(C)CCC(=O)[C@@H](C)[C@@H]1CC2.C[C@@H]1C(=O)CC[C@]2(C)c3[nH]c(=O)[nH]c(=O)c3CC[C@@H]12.C[C@@H]1C(=O)CC[C@]2(C)c3nc(Cl)nc(Cl)c3CC[C@@H]12.C[C@H]1[C@@H]2CCc3c([nH]c(=S)[nH]c3=O)[C@@]2(C)CCC12OCCO2. The topological polar surface area (TPSA) is 388 Å². The minimum atomic E-state index is -0.449. The second kappa shape index (κ2) is 36.4. The summed E-state index contributed by atoms with van der Waals surface area (Å²) in [7, 11) is 7.92. The number of halogens is 3. The maximum atomic E-state index is 12.4. The highest BCUT2D eigenvalue weighted by Crippen LogP contribution is 2.60. The van der Waals surface area contributed by atoms with E-state index < -0.39 is 11.5 Å². The van der Waals surface area contributed by atoms with Gasteiger partial charge in [-0.15, -0.1) is 0 Å². The molecule has 32 heteroatoms. The van der Waals surface area contributed by atoms with Crippen LogP contribution in [-0.2, 0) is 104 Å². The molecule has 0 bridgehead atoms. The van der Waals surface area contributed by atoms with E-state index in [1.54, 1.807) is 28.4 Å². The van der Waals surface area contributed by atoms with Crippen LogP contribution in [0.1, 0.15) is 267 Å². The maximum absolute atomic E-state index is 12.4. The van der Waals surface area contributed by atoms with Crippen LogP contribution in [0.3, 0.4) is 0 Å². The number of ether oxygens (including phenoxy) is 7. The molecule has 6 saturated carbocycles. The van der Waals surface area contributed by atoms with Crippen molar-refractivity contribution in [3.8, 4) is 29.7 Å². The first-order valence-electron chi connectivity index (χ1n) is 44.1. The smallest absolute Gasteiger partial charge is 0.325 e. The largest absolute Gasteiger partial charge is 0.515 e. The Morgan fingerprint density at radius 1 is 0.400 bits per heavy atom. The minimum absolute atomic E-state index is 0. The van der Waals surface area contributed by atoms with Crippen LogP contribution in [0.2, 0.25) is 15.7 Å². The second-order valence-corrected chi connectivity index (χ2v) is 39.7. The van der Waals surface area contributed by atoms with Crippen LogP contribution in [-0.4, -0.2) is 148 Å². The molecule has 18 atom stereocenters. The van der Waals surface area contributed by atoms with E-state index in [0.717, 1.165) is 171 Å². The van der Waals surface area contributed by atoms with E-state index in [2.05, 4.69) is 122 Å². The summed E-state index contributed by atoms with van der Waals surface area (Å²) in [6, 6.07) is 0.610. The van der Waals surface area contributed by atoms with Crippen LogP contribution in [0.4, 0.5) is 0 Å². The molecule has 0 aromatic carbocycles. The number of aliphatic hydroxyl groups excluding tert-OH is 1. The molecule has 1 saturated heterocycles. The van der Waals surface area contributed by atoms with Gasteiger partial charge in [0.05, 0.1) is 77.8 Å². The summed E-state index contributed by atoms with van der Waals surface area (Å²) in [5.41, 5.74) is 10.1. The third-order valence-corrected chi connectivity index (χ3v) is 33.2. The Hall–Kier alpha value is -8.22. The van der Waals surface area contributed by atoms with Gasteiger partial charge in [0.15, 0.2) is 16.3 Å². The van der Waals surface area contributed by atoms with Gasteiger partial charge in [0.2, 0.25) is 28.2 Å². The van der Waals surface area contributed by atoms with Gasteiger partial charge in [-0.25, -0.2) is 19.7 Å². The lowest BCUT2D eigenvalue weighted by atomic mass is 9.55. The zero-order valence-corrected chi connectivity index (χ0v) is 77.5. The fourth-order valence-electron chi connectivity index (χ4n) is 25.3. The summed E-state index contributed by atoms with van der Waals surface area (Å²) in [6.07, 6.45) is 19.3. The molecule has 6 aromatic rings. The lowest BCUT2D eigenvalue weighted by Gasteiger charge is -2.54. The zero-order chi connectivity index (χ0) is 89.6. The number of fused-ring (bicyclic) bond motifs is 18. The minimum Gasteiger partial charge on any atom is -0.515 e. The number of methoxy groups -OCH3 is 5. The summed E-state index contributed by atoms with van der Waals surface area (Å²) in [6.45, 7) is 26.7. The first-order chi connectivity index (χ1) is 58.8. The van der Waals surface area contributed by atoms with Gasteiger partial charge in [0.1, 0.15) is 28.3 Å². The molecule has 0 amide bonds. The van der Waals surface area contributed by atoms with E-state index >= 15 is 0 Å². The van der Waals surface area contributed by atoms with Crippen LogP contribution >= 0.6 is 47.0 Å². The van der Waals surface area contributed by atoms with Gasteiger partial charge < -0.3 is 48.2 Å². The Bertz CT molecular complexity index is 5500. The van der Waals surface area contributed by atoms with E-state index in [1.807, 2.05) is 20.8 Å². The molecule has 28 nitrogen and oxygen atoms in total. The van der Waals surface area contributed by atoms with E-state index in [-0.39, 0.29) is 115 Å². The Morgan fingerprint density at radius 3 is 1.21 bits per heavy atom. The molecule has 1 aliphatic heterocycles. The number of rotatable bonds is 5. The van der Waals surface area contributed by atoms with Gasteiger partial charge >= 0.3 is 17.7 Å². The predicted molar refractivity (Wildman–Crippen MR) is 474 cm³/mol. The number of carbonyl (C=O) groups excluding carboxylic acids is 5. The van der Waals surface area contributed by atoms with Crippen LogP contribution in [0, 0.1) is 75.8 Å². The van der Waals surface area contributed by atoms with Crippen molar-refractivity contribution in [2.45, 2.75) is 276 Å². The number of allylic oxidation sites excluding steroid dienone is 1. The Morgan fingerprint density at radius 2 is 0.760 bits per heavy atom. The van der Waals surface area contributed by atoms with Crippen molar-refractivity contribution in [2.24, 2.45) is 71.0 Å². The monoisotopic (exact) mass is 1800 g/mol. The highest BCUT2D eigenvalue weighted by atomic mass is 35.5. The normalized spacial score (nSPS) is 32.9. The molecule has 125 heavy (non-hydrogen) atoms. The van der Waals surface area contributed by atoms with E-state index in [0.29, 0.717) is 156 Å². The molecule has 7 fully saturated rings. The number of hydrogen-bond donors (Lipinski definition) is 5. The Balaban J connectivity index is 0.000000129. The maximum Gasteiger partial charge on any atom is 0.325 e. The predicted octanol–water partition coefficient (Wildman–Crippen LogP) is 15.2. The summed E-state index contributed by atoms with van der Waals surface area (Å²) in [5, 5.41) is 10.4. The van der Waals surface area contributed by atoms with Gasteiger partial charge in [-0.2, -0.15) is 24.9 Å². The molecule has 5 N–H and O–H groups in total. The molecule has 12 aliphatic carbocycles. The van der Waals surface area contributed by atoms with Crippen molar-refractivity contribution >= 4 is 75.9 Å². The van der Waals surface area contributed by atoms with Crippen molar-refractivity contribution < 1.29 is 62.2 Å². The molecular formula is C93H123Cl3N12O16S. The van der Waals surface area contributed by atoms with Gasteiger partial charge in [0, 0.05) is 150 Å². The average molecular weight is 1800 g/mol. The van der Waals surface area contributed by atoms with Crippen molar-refractivity contribution in [1.82, 2.24) is 59.8 Å². The molecule has 13 aliphatic rings. The first-order valence-corrected chi connectivity index (χ1v) is 45.6. The van der Waals surface area contributed by atoms with Crippen molar-refractivity contribution in [3.05, 3.63) is 131 Å². The van der Waals surface area contributed by atoms with E-state index in [4.69, 9.17) is 80.2 Å². The number of aromatic nitrogens is 12. The molecule has 678 valence electrons. The van der Waals surface area contributed by atoms with Crippen molar-refractivity contribution in [3.63, 3.8) is 0 Å². The molecule has 7 heterocycles. The number of H-pyrrole nitrogens is 4. The Labute approximate surface area is 750 Å². The van der Waals surface area contributed by atoms with Crippen LogP contribution in [0.25, 0.3) is 0 Å². The summed E-state index contributed by atoms with van der Waals surface area (Å²) >= 11 is 23.4. The van der Waals surface area contributed by atoms with Crippen molar-refractivity contribution in [1.29, 1.82) is 0 Å². The fourth-order valence-corrected chi connectivity index (χ4v) is 26.1. The molecule has 1 spiro atoms. The van der Waals surface area contributed by atoms with Crippen LogP contribution in [0.15, 0.2) is 26.2 Å². The Kier molecular flexibility index (Phi) is 27.5. The van der Waals surface area contributed by atoms with Crippen molar-refractivity contribution in [2.75, 3.05) is 48.8 Å². The third kappa shape index (κ3) is 16.6. The zero-order valence-electron chi connectivity index (χ0n) is 74.4. The van der Waals surface area contributed by atoms with Crippen LogP contribution < -0.4 is 40.5 Å². The van der Waals surface area contributed by atoms with Gasteiger partial charge in [-0.3, -0.25) is 43.5 Å². The average Bonchev–Trinajstić information content (AvgIpc) is 1.59. The van der Waals surface area contributed by atoms with Gasteiger partial charge in [0.25, 0.3) is 11.1 Å². The highest BCUT2D eigenvalue weighted by molar-refractivity contribution is 7.71. The third-order valence-electron chi connectivity index (χ3n) is 32.4. The lowest BCUT2D eigenvalue weighted by molar-refractivity contribution is -0.234.